The lowest BCUT2D eigenvalue weighted by Gasteiger charge is -2.25. The number of nitrogens with zero attached hydrogens (tertiary/aromatic N) is 1. The average Bonchev–Trinajstić information content (AvgIpc) is 2.06. The predicted molar refractivity (Wildman–Crippen MR) is 41.8 cm³/mol. The van der Waals surface area contributed by atoms with E-state index < -0.39 is 10.0 Å². The molecule has 6 heteroatoms. The maximum Gasteiger partial charge on any atom is 0.237 e. The van der Waals surface area contributed by atoms with Gasteiger partial charge in [-0.3, -0.25) is 10.6 Å². The summed E-state index contributed by atoms with van der Waals surface area (Å²) in [4.78, 5) is 0. The molecule has 1 heterocycles. The monoisotopic (exact) mass is 177 g/mol. The summed E-state index contributed by atoms with van der Waals surface area (Å²) in [6, 6.07) is 0. The Morgan fingerprint density at radius 2 is 1.91 bits per heavy atom. The minimum absolute atomic E-state index is 0.349. The van der Waals surface area contributed by atoms with Gasteiger partial charge in [0, 0.05) is 12.1 Å². The number of hydrogen-bond donors (Lipinski definition) is 2. The van der Waals surface area contributed by atoms with Crippen molar-refractivity contribution >= 4 is 10.0 Å². The van der Waals surface area contributed by atoms with Crippen molar-refractivity contribution in [2.24, 2.45) is 0 Å². The van der Waals surface area contributed by atoms with Crippen molar-refractivity contribution in [2.75, 3.05) is 20.0 Å². The van der Waals surface area contributed by atoms with Gasteiger partial charge in [0.15, 0.2) is 0 Å². The van der Waals surface area contributed by atoms with E-state index in [9.17, 15) is 8.42 Å². The van der Waals surface area contributed by atoms with Gasteiger partial charge >= 0.3 is 0 Å². The fourth-order valence-corrected chi connectivity index (χ4v) is 1.54. The molecule has 1 rings (SSSR count). The standard InChI is InChI=1S/C5H11N3O2S/c1-2-11(9,10)8-4-6-3-7-5-8/h2,6-7H,1,3-5H2. The van der Waals surface area contributed by atoms with E-state index in [0.29, 0.717) is 20.0 Å². The summed E-state index contributed by atoms with van der Waals surface area (Å²) >= 11 is 0. The topological polar surface area (TPSA) is 61.4 Å². The Labute approximate surface area is 66.1 Å². The second-order valence-corrected chi connectivity index (χ2v) is 4.04. The van der Waals surface area contributed by atoms with Crippen molar-refractivity contribution in [1.82, 2.24) is 14.9 Å². The molecular weight excluding hydrogens is 166 g/mol. The van der Waals surface area contributed by atoms with Crippen LogP contribution in [0.2, 0.25) is 0 Å². The lowest BCUT2D eigenvalue weighted by atomic mass is 10.8. The molecule has 0 radical (unpaired) electrons. The van der Waals surface area contributed by atoms with Gasteiger partial charge in [-0.25, -0.2) is 8.42 Å². The lowest BCUT2D eigenvalue weighted by Crippen LogP contribution is -2.52. The van der Waals surface area contributed by atoms with Gasteiger partial charge in [0.05, 0.1) is 13.3 Å². The molecule has 1 fully saturated rings. The van der Waals surface area contributed by atoms with Gasteiger partial charge in [-0.2, -0.15) is 4.31 Å². The quantitative estimate of drug-likeness (QED) is 0.558. The number of hydrogen-bond acceptors (Lipinski definition) is 4. The van der Waals surface area contributed by atoms with Crippen LogP contribution in [0.25, 0.3) is 0 Å². The van der Waals surface area contributed by atoms with E-state index in [2.05, 4.69) is 17.2 Å². The van der Waals surface area contributed by atoms with Crippen molar-refractivity contribution in [1.29, 1.82) is 0 Å². The highest BCUT2D eigenvalue weighted by Crippen LogP contribution is 2.00. The second-order valence-electron chi connectivity index (χ2n) is 2.16. The fraction of sp³-hybridized carbons (Fsp3) is 0.600. The summed E-state index contributed by atoms with van der Waals surface area (Å²) < 4.78 is 23.4. The van der Waals surface area contributed by atoms with Crippen LogP contribution < -0.4 is 10.6 Å². The highest BCUT2D eigenvalue weighted by atomic mass is 32.2. The van der Waals surface area contributed by atoms with Crippen LogP contribution in [0, 0.1) is 0 Å². The number of sulfonamides is 1. The average molecular weight is 177 g/mol. The van der Waals surface area contributed by atoms with E-state index in [-0.39, 0.29) is 0 Å². The first-order chi connectivity index (χ1) is 5.17. The van der Waals surface area contributed by atoms with Crippen LogP contribution in [0.4, 0.5) is 0 Å². The van der Waals surface area contributed by atoms with E-state index in [4.69, 9.17) is 0 Å². The maximum absolute atomic E-state index is 11.1. The molecule has 1 saturated heterocycles. The molecule has 1 aliphatic heterocycles. The van der Waals surface area contributed by atoms with E-state index in [0.717, 1.165) is 5.41 Å². The molecule has 0 aromatic carbocycles. The van der Waals surface area contributed by atoms with Gasteiger partial charge in [0.1, 0.15) is 0 Å². The van der Waals surface area contributed by atoms with Gasteiger partial charge in [0.2, 0.25) is 10.0 Å². The van der Waals surface area contributed by atoms with Crippen molar-refractivity contribution in [3.8, 4) is 0 Å². The normalized spacial score (nSPS) is 21.5. The largest absolute Gasteiger partial charge is 0.291 e. The second kappa shape index (κ2) is 3.31. The molecule has 0 amide bonds. The first-order valence-corrected chi connectivity index (χ1v) is 4.71. The van der Waals surface area contributed by atoms with Crippen molar-refractivity contribution in [2.45, 2.75) is 0 Å². The predicted octanol–water partition coefficient (Wildman–Crippen LogP) is -1.17. The van der Waals surface area contributed by atoms with Crippen LogP contribution in [0.5, 0.6) is 0 Å². The smallest absolute Gasteiger partial charge is 0.237 e. The van der Waals surface area contributed by atoms with Crippen LogP contribution in [-0.4, -0.2) is 32.7 Å². The summed E-state index contributed by atoms with van der Waals surface area (Å²) in [5, 5.41) is 6.67. The molecular formula is C5H11N3O2S. The molecule has 11 heavy (non-hydrogen) atoms. The highest BCUT2D eigenvalue weighted by molar-refractivity contribution is 7.92. The summed E-state index contributed by atoms with van der Waals surface area (Å²) in [5.41, 5.74) is 0. The Bertz CT molecular complexity index is 230. The Kier molecular flexibility index (Phi) is 2.61. The Morgan fingerprint density at radius 3 is 2.36 bits per heavy atom. The Morgan fingerprint density at radius 1 is 1.36 bits per heavy atom. The van der Waals surface area contributed by atoms with E-state index >= 15 is 0 Å². The molecule has 0 atom stereocenters. The zero-order valence-corrected chi connectivity index (χ0v) is 6.89. The van der Waals surface area contributed by atoms with Gasteiger partial charge in [-0.15, -0.1) is 0 Å². The van der Waals surface area contributed by atoms with E-state index in [1.165, 1.54) is 4.31 Å². The number of nitrogens with one attached hydrogen (secondary N) is 2. The van der Waals surface area contributed by atoms with Crippen LogP contribution in [0.15, 0.2) is 12.0 Å². The third kappa shape index (κ3) is 2.00. The van der Waals surface area contributed by atoms with Crippen molar-refractivity contribution < 1.29 is 8.42 Å². The molecule has 2 N–H and O–H groups in total. The van der Waals surface area contributed by atoms with Gasteiger partial charge < -0.3 is 0 Å². The van der Waals surface area contributed by atoms with Crippen LogP contribution in [-0.2, 0) is 10.0 Å². The van der Waals surface area contributed by atoms with E-state index in [1.807, 2.05) is 0 Å². The van der Waals surface area contributed by atoms with Gasteiger partial charge in [0.25, 0.3) is 0 Å². The Hall–Kier alpha value is -0.430. The molecule has 64 valence electrons. The molecule has 0 aromatic rings. The molecule has 0 bridgehead atoms. The fourth-order valence-electron chi connectivity index (χ4n) is 0.791. The summed E-state index contributed by atoms with van der Waals surface area (Å²) in [6.07, 6.45) is 0. The molecule has 0 saturated carbocycles. The third-order valence-electron chi connectivity index (χ3n) is 1.40. The lowest BCUT2D eigenvalue weighted by molar-refractivity contribution is 0.300. The zero-order chi connectivity index (χ0) is 8.32. The van der Waals surface area contributed by atoms with Gasteiger partial charge in [-0.05, 0) is 0 Å². The summed E-state index contributed by atoms with van der Waals surface area (Å²) in [7, 11) is -3.25. The van der Waals surface area contributed by atoms with Crippen molar-refractivity contribution in [3.05, 3.63) is 12.0 Å². The highest BCUT2D eigenvalue weighted by Gasteiger charge is 2.19. The molecule has 0 aliphatic carbocycles. The molecule has 0 aromatic heterocycles. The van der Waals surface area contributed by atoms with Crippen LogP contribution in [0.1, 0.15) is 0 Å². The summed E-state index contributed by atoms with van der Waals surface area (Å²) in [5.74, 6) is 0. The molecule has 5 nitrogen and oxygen atoms in total. The molecule has 0 spiro atoms. The number of rotatable bonds is 2. The Balaban J connectivity index is 2.66. The first-order valence-electron chi connectivity index (χ1n) is 3.21. The molecule has 1 aliphatic rings. The van der Waals surface area contributed by atoms with Gasteiger partial charge in [-0.1, -0.05) is 6.58 Å². The summed E-state index contributed by atoms with van der Waals surface area (Å²) in [6.45, 7) is 4.56. The molecule has 0 unspecified atom stereocenters. The van der Waals surface area contributed by atoms with E-state index in [1.54, 1.807) is 0 Å². The minimum Gasteiger partial charge on any atom is -0.291 e. The third-order valence-corrected chi connectivity index (χ3v) is 2.80. The zero-order valence-electron chi connectivity index (χ0n) is 6.08. The van der Waals surface area contributed by atoms with Crippen LogP contribution in [0.3, 0.4) is 0 Å². The maximum atomic E-state index is 11.1. The van der Waals surface area contributed by atoms with Crippen LogP contribution >= 0.6 is 0 Å². The van der Waals surface area contributed by atoms with Crippen molar-refractivity contribution in [3.63, 3.8) is 0 Å². The minimum atomic E-state index is -3.25. The first kappa shape index (κ1) is 8.66. The SMILES string of the molecule is C=CS(=O)(=O)N1CNCNC1.